The first-order valence-corrected chi connectivity index (χ1v) is 11.1. The van der Waals surface area contributed by atoms with Gasteiger partial charge in [0.15, 0.2) is 0 Å². The number of Topliss-reactive ketones (excluding diaryl/α,β-unsaturated/α-hetero) is 1. The Balaban J connectivity index is 0.00000240. The van der Waals surface area contributed by atoms with Crippen molar-refractivity contribution in [2.45, 2.75) is 64.9 Å². The molecule has 4 N–H and O–H groups in total. The first-order chi connectivity index (χ1) is 13.4. The molecule has 0 aromatic carbocycles. The van der Waals surface area contributed by atoms with Gasteiger partial charge in [0.25, 0.3) is 0 Å². The lowest BCUT2D eigenvalue weighted by Gasteiger charge is -2.63. The van der Waals surface area contributed by atoms with E-state index in [4.69, 9.17) is 10.6 Å². The molecular weight excluding hydrogens is 392 g/mol. The summed E-state index contributed by atoms with van der Waals surface area (Å²) in [5, 5.41) is 26.0. The minimum absolute atomic E-state index is 0. The summed E-state index contributed by atoms with van der Waals surface area (Å²) in [4.78, 5) is 17.9. The number of fused-ring (bicyclic) bond motifs is 5. The van der Waals surface area contributed by atoms with Gasteiger partial charge in [-0.05, 0) is 67.6 Å². The van der Waals surface area contributed by atoms with Crippen molar-refractivity contribution in [1.82, 2.24) is 0 Å². The van der Waals surface area contributed by atoms with Gasteiger partial charge in [-0.1, -0.05) is 19.0 Å². The predicted molar refractivity (Wildman–Crippen MR) is 114 cm³/mol. The Morgan fingerprint density at radius 2 is 1.93 bits per heavy atom. The SMILES string of the molecule is C[C@]12CCC(=NOCCN)CC1C(CO)C(O)[C@@H]1[C@H]2CC[C@]2(C)C(=O)CC[C@@H]12.Cl. The zero-order valence-corrected chi connectivity index (χ0v) is 18.5. The Kier molecular flexibility index (Phi) is 6.69. The molecule has 0 aromatic rings. The summed E-state index contributed by atoms with van der Waals surface area (Å²) in [6, 6.07) is 0. The van der Waals surface area contributed by atoms with Crippen LogP contribution in [0.3, 0.4) is 0 Å². The summed E-state index contributed by atoms with van der Waals surface area (Å²) in [6.07, 6.45) is 5.61. The Hall–Kier alpha value is -0.690. The smallest absolute Gasteiger partial charge is 0.139 e. The van der Waals surface area contributed by atoms with Gasteiger partial charge in [-0.15, -0.1) is 12.4 Å². The van der Waals surface area contributed by atoms with Crippen LogP contribution in [0, 0.1) is 40.4 Å². The second-order valence-electron chi connectivity index (χ2n) is 10.1. The van der Waals surface area contributed by atoms with Crippen LogP contribution < -0.4 is 5.73 Å². The molecule has 0 aromatic heterocycles. The minimum Gasteiger partial charge on any atom is -0.396 e. The Morgan fingerprint density at radius 3 is 2.62 bits per heavy atom. The number of oxime groups is 1. The van der Waals surface area contributed by atoms with Crippen molar-refractivity contribution in [2.75, 3.05) is 19.8 Å². The zero-order chi connectivity index (χ0) is 20.1. The molecule has 6 nitrogen and oxygen atoms in total. The maximum Gasteiger partial charge on any atom is 0.139 e. The average Bonchev–Trinajstić information content (AvgIpc) is 2.98. The molecule has 0 radical (unpaired) electrons. The average molecular weight is 429 g/mol. The van der Waals surface area contributed by atoms with E-state index in [0.29, 0.717) is 31.3 Å². The number of aliphatic hydroxyl groups excluding tert-OH is 2. The summed E-state index contributed by atoms with van der Waals surface area (Å²) in [6.45, 7) is 5.33. The Morgan fingerprint density at radius 1 is 1.17 bits per heavy atom. The number of hydrogen-bond donors (Lipinski definition) is 3. The molecule has 29 heavy (non-hydrogen) atoms. The quantitative estimate of drug-likeness (QED) is 0.471. The molecule has 0 heterocycles. The number of carbonyl (C=O) groups excluding carboxylic acids is 1. The van der Waals surface area contributed by atoms with Gasteiger partial charge < -0.3 is 20.8 Å². The summed E-state index contributed by atoms with van der Waals surface area (Å²) in [5.41, 5.74) is 6.30. The molecule has 4 fully saturated rings. The molecule has 8 atom stereocenters. The van der Waals surface area contributed by atoms with Crippen LogP contribution in [0.1, 0.15) is 58.8 Å². The molecule has 0 aliphatic heterocycles. The van der Waals surface area contributed by atoms with Crippen molar-refractivity contribution < 1.29 is 19.8 Å². The van der Waals surface area contributed by atoms with Crippen molar-refractivity contribution in [2.24, 2.45) is 51.3 Å². The van der Waals surface area contributed by atoms with E-state index in [9.17, 15) is 15.0 Å². The number of nitrogens with two attached hydrogens (primary N) is 1. The van der Waals surface area contributed by atoms with Crippen molar-refractivity contribution in [3.63, 3.8) is 0 Å². The highest BCUT2D eigenvalue weighted by Crippen LogP contribution is 2.66. The van der Waals surface area contributed by atoms with Crippen LogP contribution >= 0.6 is 12.4 Å². The maximum atomic E-state index is 12.6. The maximum absolute atomic E-state index is 12.6. The summed E-state index contributed by atoms with van der Waals surface area (Å²) >= 11 is 0. The van der Waals surface area contributed by atoms with E-state index in [1.165, 1.54) is 0 Å². The van der Waals surface area contributed by atoms with Gasteiger partial charge in [0.1, 0.15) is 12.4 Å². The number of nitrogens with zero attached hydrogens (tertiary/aromatic N) is 1. The lowest BCUT2D eigenvalue weighted by Crippen LogP contribution is -2.62. The van der Waals surface area contributed by atoms with Gasteiger partial charge in [-0.25, -0.2) is 0 Å². The Labute approximate surface area is 180 Å². The second-order valence-corrected chi connectivity index (χ2v) is 10.1. The zero-order valence-electron chi connectivity index (χ0n) is 17.7. The molecule has 0 amide bonds. The molecule has 0 saturated heterocycles. The van der Waals surface area contributed by atoms with Crippen LogP contribution in [-0.4, -0.2) is 47.6 Å². The van der Waals surface area contributed by atoms with Gasteiger partial charge in [0.2, 0.25) is 0 Å². The molecule has 4 aliphatic carbocycles. The van der Waals surface area contributed by atoms with Gasteiger partial charge >= 0.3 is 0 Å². The van der Waals surface area contributed by atoms with Crippen LogP contribution in [0.2, 0.25) is 0 Å². The van der Waals surface area contributed by atoms with E-state index in [0.717, 1.165) is 44.2 Å². The fraction of sp³-hybridized carbons (Fsp3) is 0.909. The van der Waals surface area contributed by atoms with E-state index in [1.54, 1.807) is 0 Å². The third-order valence-electron chi connectivity index (χ3n) is 9.11. The number of aliphatic hydroxyl groups is 2. The van der Waals surface area contributed by atoms with E-state index in [1.807, 2.05) is 0 Å². The fourth-order valence-corrected chi connectivity index (χ4v) is 7.53. The van der Waals surface area contributed by atoms with Crippen molar-refractivity contribution >= 4 is 23.9 Å². The van der Waals surface area contributed by atoms with E-state index in [2.05, 4.69) is 19.0 Å². The number of carbonyl (C=O) groups is 1. The predicted octanol–water partition coefficient (Wildman–Crippen LogP) is 2.54. The molecule has 4 aliphatic rings. The summed E-state index contributed by atoms with van der Waals surface area (Å²) < 4.78 is 0. The summed E-state index contributed by atoms with van der Waals surface area (Å²) in [5.74, 6) is 1.20. The lowest BCUT2D eigenvalue weighted by atomic mass is 9.42. The second kappa shape index (κ2) is 8.45. The minimum atomic E-state index is -0.548. The fourth-order valence-electron chi connectivity index (χ4n) is 7.53. The molecule has 0 spiro atoms. The topological polar surface area (TPSA) is 105 Å². The largest absolute Gasteiger partial charge is 0.396 e. The van der Waals surface area contributed by atoms with Crippen molar-refractivity contribution in [3.05, 3.63) is 0 Å². The van der Waals surface area contributed by atoms with Crippen molar-refractivity contribution in [3.8, 4) is 0 Å². The molecule has 3 unspecified atom stereocenters. The number of halogens is 1. The van der Waals surface area contributed by atoms with Crippen molar-refractivity contribution in [1.29, 1.82) is 0 Å². The standard InChI is InChI=1S/C22H36N2O4.ClH/c1-21-7-5-13(24-28-10-9-23)11-17(21)14(12-25)20(27)19-15-3-4-18(26)22(15,2)8-6-16(19)21;/h14-17,19-20,25,27H,3-12,23H2,1-2H3;1H/t14?,15-,16+,17?,19-,20?,21+,22-;/m0./s1. The van der Waals surface area contributed by atoms with Gasteiger partial charge in [0.05, 0.1) is 11.8 Å². The van der Waals surface area contributed by atoms with E-state index < -0.39 is 6.10 Å². The number of hydrogen-bond acceptors (Lipinski definition) is 6. The monoisotopic (exact) mass is 428 g/mol. The first kappa shape index (κ1) is 23.0. The van der Waals surface area contributed by atoms with Gasteiger partial charge in [-0.2, -0.15) is 0 Å². The molecule has 4 rings (SSSR count). The molecule has 4 saturated carbocycles. The molecular formula is C22H37ClN2O4. The number of ketones is 1. The first-order valence-electron chi connectivity index (χ1n) is 11.1. The van der Waals surface area contributed by atoms with Crippen LogP contribution in [0.5, 0.6) is 0 Å². The molecule has 0 bridgehead atoms. The van der Waals surface area contributed by atoms with E-state index >= 15 is 0 Å². The molecule has 166 valence electrons. The highest BCUT2D eigenvalue weighted by Gasteiger charge is 2.64. The summed E-state index contributed by atoms with van der Waals surface area (Å²) in [7, 11) is 0. The molecule has 7 heteroatoms. The van der Waals surface area contributed by atoms with E-state index in [-0.39, 0.29) is 53.5 Å². The highest BCUT2D eigenvalue weighted by atomic mass is 35.5. The van der Waals surface area contributed by atoms with Gasteiger partial charge in [-0.3, -0.25) is 4.79 Å². The third-order valence-corrected chi connectivity index (χ3v) is 9.11. The van der Waals surface area contributed by atoms with Crippen LogP contribution in [0.25, 0.3) is 0 Å². The third kappa shape index (κ3) is 3.44. The van der Waals surface area contributed by atoms with Crippen LogP contribution in [0.15, 0.2) is 5.16 Å². The lowest BCUT2D eigenvalue weighted by molar-refractivity contribution is -0.188. The Bertz CT molecular complexity index is 659. The van der Waals surface area contributed by atoms with Crippen LogP contribution in [0.4, 0.5) is 0 Å². The van der Waals surface area contributed by atoms with Gasteiger partial charge in [0, 0.05) is 30.9 Å². The number of rotatable bonds is 4. The van der Waals surface area contributed by atoms with Crippen LogP contribution in [-0.2, 0) is 9.63 Å². The normalized spacial score (nSPS) is 47.8. The highest BCUT2D eigenvalue weighted by molar-refractivity contribution is 5.87.